The number of morpholine rings is 1. The van der Waals surface area contributed by atoms with Crippen molar-refractivity contribution in [2.75, 3.05) is 26.3 Å². The first-order valence-electron chi connectivity index (χ1n) is 7.55. The lowest BCUT2D eigenvalue weighted by Crippen LogP contribution is -2.46. The summed E-state index contributed by atoms with van der Waals surface area (Å²) in [4.78, 5) is 18.1. The van der Waals surface area contributed by atoms with Gasteiger partial charge in [0.25, 0.3) is 5.91 Å². The molecule has 1 saturated heterocycles. The van der Waals surface area contributed by atoms with Gasteiger partial charge >= 0.3 is 0 Å². The maximum atomic E-state index is 12.1. The number of amides is 1. The van der Waals surface area contributed by atoms with Crippen LogP contribution in [0, 0.1) is 6.92 Å². The quantitative estimate of drug-likeness (QED) is 0.853. The van der Waals surface area contributed by atoms with E-state index in [-0.39, 0.29) is 18.6 Å². The molecule has 1 atom stereocenters. The van der Waals surface area contributed by atoms with E-state index in [2.05, 4.69) is 10.1 Å². The summed E-state index contributed by atoms with van der Waals surface area (Å²) in [6, 6.07) is 7.24. The van der Waals surface area contributed by atoms with Crippen LogP contribution >= 0.6 is 0 Å². The summed E-state index contributed by atoms with van der Waals surface area (Å²) in [5, 5.41) is 3.86. The van der Waals surface area contributed by atoms with Crippen molar-refractivity contribution in [3.8, 4) is 17.1 Å². The zero-order valence-corrected chi connectivity index (χ0v) is 13.2. The number of nitrogens with zero attached hydrogens (tertiary/aromatic N) is 3. The third kappa shape index (κ3) is 3.87. The molecule has 1 amide bonds. The summed E-state index contributed by atoms with van der Waals surface area (Å²) in [6.07, 6.45) is 0.0744. The minimum atomic E-state index is -0.0296. The monoisotopic (exact) mass is 317 g/mol. The second-order valence-corrected chi connectivity index (χ2v) is 5.47. The average Bonchev–Trinajstić information content (AvgIpc) is 2.99. The van der Waals surface area contributed by atoms with E-state index in [9.17, 15) is 4.79 Å². The molecule has 1 aromatic carbocycles. The number of carbonyl (C=O) groups excluding carboxylic acids is 1. The van der Waals surface area contributed by atoms with E-state index in [1.807, 2.05) is 19.1 Å². The van der Waals surface area contributed by atoms with Gasteiger partial charge in [-0.2, -0.15) is 4.98 Å². The van der Waals surface area contributed by atoms with Crippen molar-refractivity contribution in [2.24, 2.45) is 0 Å². The summed E-state index contributed by atoms with van der Waals surface area (Å²) < 4.78 is 15.9. The Hall–Kier alpha value is -2.41. The standard InChI is InChI=1S/C16H19N3O4/c1-11-9-19(7-8-21-11)15(20)10-22-14-5-3-13(4-6-14)16-17-12(2)23-18-16/h3-6,11H,7-10H2,1-2H3/t11-/m1/s1. The van der Waals surface area contributed by atoms with Gasteiger partial charge in [0.05, 0.1) is 12.7 Å². The number of aryl methyl sites for hydroxylation is 1. The summed E-state index contributed by atoms with van der Waals surface area (Å²) in [5.74, 6) is 1.65. The molecule has 7 nitrogen and oxygen atoms in total. The SMILES string of the molecule is Cc1nc(-c2ccc(OCC(=O)N3CCO[C@H](C)C3)cc2)no1. The number of ether oxygens (including phenoxy) is 2. The molecule has 0 unspecified atom stereocenters. The third-order valence-electron chi connectivity index (χ3n) is 3.60. The Morgan fingerprint density at radius 3 is 2.83 bits per heavy atom. The minimum Gasteiger partial charge on any atom is -0.484 e. The molecule has 2 heterocycles. The number of carbonyl (C=O) groups is 1. The zero-order valence-electron chi connectivity index (χ0n) is 13.2. The highest BCUT2D eigenvalue weighted by molar-refractivity contribution is 5.78. The molecule has 7 heteroatoms. The van der Waals surface area contributed by atoms with Crippen molar-refractivity contribution in [3.05, 3.63) is 30.2 Å². The van der Waals surface area contributed by atoms with Gasteiger partial charge in [-0.3, -0.25) is 4.79 Å². The van der Waals surface area contributed by atoms with Crippen LogP contribution in [-0.4, -0.2) is 53.4 Å². The molecule has 0 spiro atoms. The Balaban J connectivity index is 1.55. The molecular formula is C16H19N3O4. The number of benzene rings is 1. The van der Waals surface area contributed by atoms with Crippen LogP contribution in [0.25, 0.3) is 11.4 Å². The molecule has 0 bridgehead atoms. The molecule has 3 rings (SSSR count). The molecule has 122 valence electrons. The van der Waals surface area contributed by atoms with Gasteiger partial charge in [-0.15, -0.1) is 0 Å². The minimum absolute atomic E-state index is 0.0212. The van der Waals surface area contributed by atoms with Crippen molar-refractivity contribution in [1.82, 2.24) is 15.0 Å². The highest BCUT2D eigenvalue weighted by atomic mass is 16.5. The Bertz CT molecular complexity index is 668. The first kappa shape index (κ1) is 15.5. The average molecular weight is 317 g/mol. The Morgan fingerprint density at radius 1 is 1.39 bits per heavy atom. The molecular weight excluding hydrogens is 298 g/mol. The lowest BCUT2D eigenvalue weighted by atomic mass is 10.2. The number of aromatic nitrogens is 2. The third-order valence-corrected chi connectivity index (χ3v) is 3.60. The predicted octanol–water partition coefficient (Wildman–Crippen LogP) is 1.67. The Kier molecular flexibility index (Phi) is 4.57. The second kappa shape index (κ2) is 6.78. The van der Waals surface area contributed by atoms with Crippen molar-refractivity contribution in [2.45, 2.75) is 20.0 Å². The predicted molar refractivity (Wildman–Crippen MR) is 82.0 cm³/mol. The molecule has 0 N–H and O–H groups in total. The van der Waals surface area contributed by atoms with Crippen molar-refractivity contribution < 1.29 is 18.8 Å². The van der Waals surface area contributed by atoms with Crippen molar-refractivity contribution >= 4 is 5.91 Å². The fourth-order valence-corrected chi connectivity index (χ4v) is 2.40. The van der Waals surface area contributed by atoms with E-state index in [0.717, 1.165) is 5.56 Å². The van der Waals surface area contributed by atoms with Gasteiger partial charge in [-0.25, -0.2) is 0 Å². The van der Waals surface area contributed by atoms with Gasteiger partial charge in [0.2, 0.25) is 11.7 Å². The lowest BCUT2D eigenvalue weighted by molar-refractivity contribution is -0.140. The highest BCUT2D eigenvalue weighted by Crippen LogP contribution is 2.20. The van der Waals surface area contributed by atoms with Crippen LogP contribution in [0.15, 0.2) is 28.8 Å². The molecule has 0 saturated carbocycles. The van der Waals surface area contributed by atoms with E-state index < -0.39 is 0 Å². The van der Waals surface area contributed by atoms with Gasteiger partial charge in [-0.1, -0.05) is 5.16 Å². The summed E-state index contributed by atoms with van der Waals surface area (Å²) in [7, 11) is 0. The smallest absolute Gasteiger partial charge is 0.260 e. The molecule has 1 aliphatic rings. The van der Waals surface area contributed by atoms with Gasteiger partial charge in [0.1, 0.15) is 5.75 Å². The van der Waals surface area contributed by atoms with Gasteiger partial charge < -0.3 is 18.9 Å². The van der Waals surface area contributed by atoms with Crippen LogP contribution in [0.4, 0.5) is 0 Å². The Morgan fingerprint density at radius 2 is 2.17 bits per heavy atom. The maximum Gasteiger partial charge on any atom is 0.260 e. The first-order chi connectivity index (χ1) is 11.1. The van der Waals surface area contributed by atoms with Crippen LogP contribution in [0.3, 0.4) is 0 Å². The summed E-state index contributed by atoms with van der Waals surface area (Å²) in [5.41, 5.74) is 0.836. The number of hydrogen-bond donors (Lipinski definition) is 0. The van der Waals surface area contributed by atoms with Crippen LogP contribution in [0.5, 0.6) is 5.75 Å². The Labute approximate surface area is 134 Å². The van der Waals surface area contributed by atoms with E-state index >= 15 is 0 Å². The molecule has 1 aromatic heterocycles. The first-order valence-corrected chi connectivity index (χ1v) is 7.55. The van der Waals surface area contributed by atoms with Gasteiger partial charge in [0, 0.05) is 25.6 Å². The van der Waals surface area contributed by atoms with E-state index in [4.69, 9.17) is 14.0 Å². The second-order valence-electron chi connectivity index (χ2n) is 5.47. The van der Waals surface area contributed by atoms with Crippen molar-refractivity contribution in [1.29, 1.82) is 0 Å². The van der Waals surface area contributed by atoms with Crippen LogP contribution in [0.1, 0.15) is 12.8 Å². The van der Waals surface area contributed by atoms with E-state index in [1.54, 1.807) is 24.0 Å². The largest absolute Gasteiger partial charge is 0.484 e. The van der Waals surface area contributed by atoms with E-state index in [1.165, 1.54) is 0 Å². The zero-order chi connectivity index (χ0) is 16.2. The topological polar surface area (TPSA) is 77.7 Å². The molecule has 1 aliphatic heterocycles. The fraction of sp³-hybridized carbons (Fsp3) is 0.438. The molecule has 1 fully saturated rings. The highest BCUT2D eigenvalue weighted by Gasteiger charge is 2.21. The van der Waals surface area contributed by atoms with Crippen LogP contribution in [0.2, 0.25) is 0 Å². The number of hydrogen-bond acceptors (Lipinski definition) is 6. The van der Waals surface area contributed by atoms with Crippen molar-refractivity contribution in [3.63, 3.8) is 0 Å². The van der Waals surface area contributed by atoms with E-state index in [0.29, 0.717) is 37.2 Å². The molecule has 0 aliphatic carbocycles. The maximum absolute atomic E-state index is 12.1. The number of rotatable bonds is 4. The van der Waals surface area contributed by atoms with Gasteiger partial charge in [-0.05, 0) is 31.2 Å². The summed E-state index contributed by atoms with van der Waals surface area (Å²) in [6.45, 7) is 5.52. The van der Waals surface area contributed by atoms with Crippen LogP contribution < -0.4 is 4.74 Å². The normalized spacial score (nSPS) is 18.0. The molecule has 23 heavy (non-hydrogen) atoms. The fourth-order valence-electron chi connectivity index (χ4n) is 2.40. The van der Waals surface area contributed by atoms with Crippen LogP contribution in [-0.2, 0) is 9.53 Å². The molecule has 0 radical (unpaired) electrons. The van der Waals surface area contributed by atoms with Gasteiger partial charge in [0.15, 0.2) is 6.61 Å². The lowest BCUT2D eigenvalue weighted by Gasteiger charge is -2.31. The summed E-state index contributed by atoms with van der Waals surface area (Å²) >= 11 is 0. The molecule has 2 aromatic rings.